The second-order valence-electron chi connectivity index (χ2n) is 3.51. The third-order valence-corrected chi connectivity index (χ3v) is 2.29. The van der Waals surface area contributed by atoms with Gasteiger partial charge in [-0.2, -0.15) is 0 Å². The third-order valence-electron chi connectivity index (χ3n) is 2.29. The molecule has 1 aromatic carbocycles. The molecule has 0 atom stereocenters. The van der Waals surface area contributed by atoms with Gasteiger partial charge in [0.2, 0.25) is 0 Å². The van der Waals surface area contributed by atoms with E-state index in [1.807, 2.05) is 24.3 Å². The second kappa shape index (κ2) is 4.81. The lowest BCUT2D eigenvalue weighted by Gasteiger charge is -2.08. The lowest BCUT2D eigenvalue weighted by atomic mass is 10.2. The maximum Gasteiger partial charge on any atom is 0.130 e. The van der Waals surface area contributed by atoms with Crippen molar-refractivity contribution in [3.8, 4) is 5.75 Å². The average Bonchev–Trinajstić information content (AvgIpc) is 2.29. The molecular formula is C12H14N2O2. The van der Waals surface area contributed by atoms with Crippen molar-refractivity contribution in [2.45, 2.75) is 6.42 Å². The van der Waals surface area contributed by atoms with Gasteiger partial charge in [0.15, 0.2) is 0 Å². The van der Waals surface area contributed by atoms with Gasteiger partial charge in [-0.05, 0) is 24.3 Å². The summed E-state index contributed by atoms with van der Waals surface area (Å²) in [5.74, 6) is 0.776. The van der Waals surface area contributed by atoms with E-state index >= 15 is 0 Å². The minimum atomic E-state index is 0.135. The lowest BCUT2D eigenvalue weighted by molar-refractivity contribution is 0.235. The number of aliphatic hydroxyl groups excluding tert-OH is 1. The average molecular weight is 218 g/mol. The molecule has 3 N–H and O–H groups in total. The van der Waals surface area contributed by atoms with E-state index in [2.05, 4.69) is 4.98 Å². The van der Waals surface area contributed by atoms with Crippen LogP contribution in [-0.2, 0) is 0 Å². The molecule has 2 rings (SSSR count). The number of nitrogens with two attached hydrogens (primary N) is 1. The van der Waals surface area contributed by atoms with Crippen molar-refractivity contribution in [1.82, 2.24) is 4.98 Å². The van der Waals surface area contributed by atoms with E-state index in [1.54, 1.807) is 6.20 Å². The number of hydrogen-bond donors (Lipinski definition) is 2. The summed E-state index contributed by atoms with van der Waals surface area (Å²) >= 11 is 0. The van der Waals surface area contributed by atoms with Gasteiger partial charge in [-0.25, -0.2) is 0 Å². The predicted molar refractivity (Wildman–Crippen MR) is 63.4 cm³/mol. The first-order valence-electron chi connectivity index (χ1n) is 5.19. The Morgan fingerprint density at radius 1 is 1.31 bits per heavy atom. The van der Waals surface area contributed by atoms with Gasteiger partial charge in [0.05, 0.1) is 12.1 Å². The molecule has 0 saturated heterocycles. The fraction of sp³-hybridized carbons (Fsp3) is 0.250. The number of rotatable bonds is 4. The smallest absolute Gasteiger partial charge is 0.130 e. The van der Waals surface area contributed by atoms with E-state index in [0.717, 1.165) is 16.7 Å². The van der Waals surface area contributed by atoms with Gasteiger partial charge >= 0.3 is 0 Å². The van der Waals surface area contributed by atoms with Gasteiger partial charge in [-0.15, -0.1) is 0 Å². The molecule has 2 aromatic rings. The van der Waals surface area contributed by atoms with Gasteiger partial charge in [0, 0.05) is 30.3 Å². The minimum Gasteiger partial charge on any atom is -0.493 e. The molecule has 0 spiro atoms. The van der Waals surface area contributed by atoms with E-state index < -0.39 is 0 Å². The van der Waals surface area contributed by atoms with Crippen molar-refractivity contribution in [1.29, 1.82) is 0 Å². The van der Waals surface area contributed by atoms with Crippen molar-refractivity contribution < 1.29 is 9.84 Å². The number of ether oxygens (including phenoxy) is 1. The molecule has 0 fully saturated rings. The molecule has 4 nitrogen and oxygen atoms in total. The van der Waals surface area contributed by atoms with Crippen LogP contribution < -0.4 is 10.5 Å². The van der Waals surface area contributed by atoms with Gasteiger partial charge in [-0.1, -0.05) is 0 Å². The summed E-state index contributed by atoms with van der Waals surface area (Å²) in [5.41, 5.74) is 7.19. The summed E-state index contributed by atoms with van der Waals surface area (Å²) in [7, 11) is 0. The van der Waals surface area contributed by atoms with Crippen LogP contribution in [-0.4, -0.2) is 23.3 Å². The van der Waals surface area contributed by atoms with E-state index in [0.29, 0.717) is 18.7 Å². The predicted octanol–water partition coefficient (Wildman–Crippen LogP) is 1.58. The molecule has 0 unspecified atom stereocenters. The number of aromatic nitrogens is 1. The number of nitrogens with zero attached hydrogens (tertiary/aromatic N) is 1. The zero-order valence-corrected chi connectivity index (χ0v) is 8.89. The Labute approximate surface area is 93.7 Å². The number of fused-ring (bicyclic) bond motifs is 1. The molecule has 4 heteroatoms. The summed E-state index contributed by atoms with van der Waals surface area (Å²) in [6, 6.07) is 7.35. The molecule has 1 aromatic heterocycles. The van der Waals surface area contributed by atoms with Crippen molar-refractivity contribution in [2.24, 2.45) is 0 Å². The number of hydrogen-bond acceptors (Lipinski definition) is 4. The Balaban J connectivity index is 2.30. The quantitative estimate of drug-likeness (QED) is 0.604. The summed E-state index contributed by atoms with van der Waals surface area (Å²) < 4.78 is 5.56. The molecule has 0 radical (unpaired) electrons. The maximum absolute atomic E-state index is 8.69. The largest absolute Gasteiger partial charge is 0.493 e. The summed E-state index contributed by atoms with van der Waals surface area (Å²) in [6.07, 6.45) is 2.31. The summed E-state index contributed by atoms with van der Waals surface area (Å²) in [5, 5.41) is 9.62. The first-order chi connectivity index (χ1) is 7.81. The number of pyridine rings is 1. The molecule has 0 amide bonds. The standard InChI is InChI=1S/C12H14N2O2/c13-9-2-3-10-11(8-9)14-5-4-12(10)16-7-1-6-15/h2-5,8,15H,1,6-7,13H2. The zero-order chi connectivity index (χ0) is 11.4. The van der Waals surface area contributed by atoms with E-state index in [-0.39, 0.29) is 6.61 Å². The van der Waals surface area contributed by atoms with Crippen LogP contribution >= 0.6 is 0 Å². The Hall–Kier alpha value is -1.81. The van der Waals surface area contributed by atoms with E-state index in [4.69, 9.17) is 15.6 Å². The Bertz CT molecular complexity index is 485. The summed E-state index contributed by atoms with van der Waals surface area (Å²) in [4.78, 5) is 4.22. The van der Waals surface area contributed by atoms with Crippen molar-refractivity contribution >= 4 is 16.6 Å². The van der Waals surface area contributed by atoms with Crippen LogP contribution in [0, 0.1) is 0 Å². The van der Waals surface area contributed by atoms with Gasteiger partial charge in [-0.3, -0.25) is 4.98 Å². The monoisotopic (exact) mass is 218 g/mol. The SMILES string of the molecule is Nc1ccc2c(OCCCO)ccnc2c1. The number of benzene rings is 1. The van der Waals surface area contributed by atoms with Crippen LogP contribution in [0.4, 0.5) is 5.69 Å². The molecule has 1 heterocycles. The van der Waals surface area contributed by atoms with E-state index in [9.17, 15) is 0 Å². The topological polar surface area (TPSA) is 68.4 Å². The van der Waals surface area contributed by atoms with Crippen molar-refractivity contribution in [2.75, 3.05) is 18.9 Å². The molecule has 16 heavy (non-hydrogen) atoms. The van der Waals surface area contributed by atoms with Gasteiger partial charge in [0.1, 0.15) is 5.75 Å². The second-order valence-corrected chi connectivity index (χ2v) is 3.51. The molecular weight excluding hydrogens is 204 g/mol. The zero-order valence-electron chi connectivity index (χ0n) is 8.89. The third kappa shape index (κ3) is 2.23. The Morgan fingerprint density at radius 3 is 3.00 bits per heavy atom. The van der Waals surface area contributed by atoms with Crippen LogP contribution in [0.1, 0.15) is 6.42 Å². The van der Waals surface area contributed by atoms with Crippen LogP contribution in [0.25, 0.3) is 10.9 Å². The highest BCUT2D eigenvalue weighted by Gasteiger charge is 2.02. The van der Waals surface area contributed by atoms with E-state index in [1.165, 1.54) is 0 Å². The van der Waals surface area contributed by atoms with Gasteiger partial charge in [0.25, 0.3) is 0 Å². The summed E-state index contributed by atoms with van der Waals surface area (Å²) in [6.45, 7) is 0.635. The highest BCUT2D eigenvalue weighted by atomic mass is 16.5. The van der Waals surface area contributed by atoms with Crippen molar-refractivity contribution in [3.05, 3.63) is 30.5 Å². The minimum absolute atomic E-state index is 0.135. The normalized spacial score (nSPS) is 10.6. The molecule has 0 bridgehead atoms. The van der Waals surface area contributed by atoms with Gasteiger partial charge < -0.3 is 15.6 Å². The highest BCUT2D eigenvalue weighted by Crippen LogP contribution is 2.25. The van der Waals surface area contributed by atoms with Crippen molar-refractivity contribution in [3.63, 3.8) is 0 Å². The first kappa shape index (κ1) is 10.7. The van der Waals surface area contributed by atoms with Crippen LogP contribution in [0.5, 0.6) is 5.75 Å². The number of anilines is 1. The first-order valence-corrected chi connectivity index (χ1v) is 5.19. The fourth-order valence-corrected chi connectivity index (χ4v) is 1.51. The number of aliphatic hydroxyl groups is 1. The number of nitrogen functional groups attached to an aromatic ring is 1. The van der Waals surface area contributed by atoms with Crippen LogP contribution in [0.15, 0.2) is 30.5 Å². The highest BCUT2D eigenvalue weighted by molar-refractivity contribution is 5.87. The molecule has 0 saturated carbocycles. The Kier molecular flexibility index (Phi) is 3.22. The van der Waals surface area contributed by atoms with Crippen LogP contribution in [0.2, 0.25) is 0 Å². The lowest BCUT2D eigenvalue weighted by Crippen LogP contribution is -2.00. The fourth-order valence-electron chi connectivity index (χ4n) is 1.51. The maximum atomic E-state index is 8.69. The molecule has 84 valence electrons. The molecule has 0 aliphatic carbocycles. The Morgan fingerprint density at radius 2 is 2.19 bits per heavy atom. The van der Waals surface area contributed by atoms with Crippen LogP contribution in [0.3, 0.4) is 0 Å². The molecule has 0 aliphatic heterocycles. The molecule has 0 aliphatic rings.